The first-order valence-corrected chi connectivity index (χ1v) is 8.13. The summed E-state index contributed by atoms with van der Waals surface area (Å²) in [4.78, 5) is 0. The maximum Gasteiger partial charge on any atom is 0.161 e. The molecule has 0 amide bonds. The molecule has 1 aliphatic heterocycles. The molecule has 1 heterocycles. The van der Waals surface area contributed by atoms with Crippen LogP contribution in [-0.4, -0.2) is 14.2 Å². The summed E-state index contributed by atoms with van der Waals surface area (Å²) in [6.07, 6.45) is -0.0226. The lowest BCUT2D eigenvalue weighted by atomic mass is 9.89. The molecule has 1 aliphatic rings. The Hall–Kier alpha value is -2.68. The molecule has 0 saturated carbocycles. The number of benzene rings is 3. The predicted molar refractivity (Wildman–Crippen MR) is 95.3 cm³/mol. The monoisotopic (exact) mass is 320 g/mol. The summed E-state index contributed by atoms with van der Waals surface area (Å²) in [5.41, 5.74) is 2.38. The summed E-state index contributed by atoms with van der Waals surface area (Å²) in [5, 5.41) is 2.52. The van der Waals surface area contributed by atoms with Crippen molar-refractivity contribution in [2.45, 2.75) is 18.9 Å². The van der Waals surface area contributed by atoms with E-state index in [9.17, 15) is 0 Å². The van der Waals surface area contributed by atoms with Crippen molar-refractivity contribution < 1.29 is 14.2 Å². The average molecular weight is 320 g/mol. The van der Waals surface area contributed by atoms with Gasteiger partial charge in [-0.1, -0.05) is 43.3 Å². The highest BCUT2D eigenvalue weighted by Crippen LogP contribution is 2.49. The van der Waals surface area contributed by atoms with Crippen LogP contribution in [0, 0.1) is 0 Å². The number of ether oxygens (including phenoxy) is 3. The molecular weight excluding hydrogens is 300 g/mol. The fourth-order valence-electron chi connectivity index (χ4n) is 3.62. The van der Waals surface area contributed by atoms with Gasteiger partial charge in [0.05, 0.1) is 14.2 Å². The molecule has 122 valence electrons. The second-order valence-electron chi connectivity index (χ2n) is 6.14. The number of fused-ring (bicyclic) bond motifs is 3. The zero-order valence-electron chi connectivity index (χ0n) is 14.1. The molecular formula is C21H20O3. The van der Waals surface area contributed by atoms with Gasteiger partial charge in [-0.3, -0.25) is 0 Å². The van der Waals surface area contributed by atoms with E-state index in [0.29, 0.717) is 0 Å². The maximum absolute atomic E-state index is 6.29. The fraction of sp³-hybridized carbons (Fsp3) is 0.238. The van der Waals surface area contributed by atoms with Crippen molar-refractivity contribution in [3.05, 3.63) is 65.7 Å². The minimum absolute atomic E-state index is 0.0226. The van der Waals surface area contributed by atoms with Gasteiger partial charge >= 0.3 is 0 Å². The van der Waals surface area contributed by atoms with Crippen molar-refractivity contribution in [1.29, 1.82) is 0 Å². The Bertz CT molecular complexity index is 901. The van der Waals surface area contributed by atoms with Crippen molar-refractivity contribution in [3.63, 3.8) is 0 Å². The molecule has 0 N–H and O–H groups in total. The van der Waals surface area contributed by atoms with E-state index in [4.69, 9.17) is 14.2 Å². The standard InChI is InChI=1S/C21H20O3/c1-13-20-16-7-5-4-6-14(16)8-11-18(20)24-21(13)15-9-10-17(22-2)19(12-15)23-3/h4-13,21H,1-3H3/t13-,21-/m0/s1. The molecule has 4 rings (SSSR count). The number of rotatable bonds is 3. The van der Waals surface area contributed by atoms with Crippen molar-refractivity contribution in [3.8, 4) is 17.2 Å². The van der Waals surface area contributed by atoms with Crippen molar-refractivity contribution in [2.24, 2.45) is 0 Å². The lowest BCUT2D eigenvalue weighted by Gasteiger charge is -2.18. The molecule has 0 aromatic heterocycles. The second-order valence-corrected chi connectivity index (χ2v) is 6.14. The van der Waals surface area contributed by atoms with Crippen LogP contribution in [0.5, 0.6) is 17.2 Å². The number of hydrogen-bond acceptors (Lipinski definition) is 3. The quantitative estimate of drug-likeness (QED) is 0.672. The zero-order chi connectivity index (χ0) is 16.7. The molecule has 3 aromatic carbocycles. The third kappa shape index (κ3) is 2.20. The molecule has 0 fully saturated rings. The summed E-state index contributed by atoms with van der Waals surface area (Å²) in [6.45, 7) is 2.22. The second kappa shape index (κ2) is 5.75. The number of methoxy groups -OCH3 is 2. The molecule has 3 heteroatoms. The highest BCUT2D eigenvalue weighted by molar-refractivity contribution is 5.89. The summed E-state index contributed by atoms with van der Waals surface area (Å²) in [7, 11) is 3.30. The Morgan fingerprint density at radius 1 is 0.875 bits per heavy atom. The average Bonchev–Trinajstić information content (AvgIpc) is 2.98. The normalized spacial score (nSPS) is 19.0. The van der Waals surface area contributed by atoms with Gasteiger partial charge in [-0.2, -0.15) is 0 Å². The first-order valence-electron chi connectivity index (χ1n) is 8.13. The Morgan fingerprint density at radius 3 is 2.46 bits per heavy atom. The van der Waals surface area contributed by atoms with E-state index in [1.165, 1.54) is 16.3 Å². The molecule has 0 bridgehead atoms. The summed E-state index contributed by atoms with van der Waals surface area (Å²) in [6, 6.07) is 18.7. The van der Waals surface area contributed by atoms with Crippen LogP contribution in [0.2, 0.25) is 0 Å². The molecule has 2 atom stereocenters. The van der Waals surface area contributed by atoms with Gasteiger partial charge in [-0.05, 0) is 34.5 Å². The molecule has 3 aromatic rings. The van der Waals surface area contributed by atoms with Gasteiger partial charge < -0.3 is 14.2 Å². The topological polar surface area (TPSA) is 27.7 Å². The van der Waals surface area contributed by atoms with Crippen molar-refractivity contribution in [1.82, 2.24) is 0 Å². The minimum Gasteiger partial charge on any atom is -0.493 e. The fourth-order valence-corrected chi connectivity index (χ4v) is 3.62. The summed E-state index contributed by atoms with van der Waals surface area (Å²) in [5.74, 6) is 2.70. The Balaban J connectivity index is 1.78. The molecule has 0 spiro atoms. The van der Waals surface area contributed by atoms with E-state index in [-0.39, 0.29) is 12.0 Å². The van der Waals surface area contributed by atoms with Crippen molar-refractivity contribution in [2.75, 3.05) is 14.2 Å². The molecule has 24 heavy (non-hydrogen) atoms. The van der Waals surface area contributed by atoms with Crippen molar-refractivity contribution >= 4 is 10.8 Å². The van der Waals surface area contributed by atoms with Gasteiger partial charge in [0.15, 0.2) is 11.5 Å². The van der Waals surface area contributed by atoms with E-state index in [1.54, 1.807) is 14.2 Å². The van der Waals surface area contributed by atoms with E-state index < -0.39 is 0 Å². The van der Waals surface area contributed by atoms with E-state index >= 15 is 0 Å². The van der Waals surface area contributed by atoms with Gasteiger partial charge in [0, 0.05) is 11.5 Å². The lowest BCUT2D eigenvalue weighted by Crippen LogP contribution is -2.07. The van der Waals surface area contributed by atoms with Crippen LogP contribution >= 0.6 is 0 Å². The highest BCUT2D eigenvalue weighted by Gasteiger charge is 2.34. The highest BCUT2D eigenvalue weighted by atomic mass is 16.5. The number of hydrogen-bond donors (Lipinski definition) is 0. The van der Waals surface area contributed by atoms with Crippen LogP contribution in [0.25, 0.3) is 10.8 Å². The molecule has 0 unspecified atom stereocenters. The third-order valence-corrected chi connectivity index (χ3v) is 4.83. The van der Waals surface area contributed by atoms with E-state index in [1.807, 2.05) is 12.1 Å². The van der Waals surface area contributed by atoms with Gasteiger partial charge in [-0.25, -0.2) is 0 Å². The lowest BCUT2D eigenvalue weighted by molar-refractivity contribution is 0.215. The Morgan fingerprint density at radius 2 is 1.67 bits per heavy atom. The van der Waals surface area contributed by atoms with Crippen LogP contribution in [0.4, 0.5) is 0 Å². The van der Waals surface area contributed by atoms with Gasteiger partial charge in [0.2, 0.25) is 0 Å². The molecule has 0 aliphatic carbocycles. The SMILES string of the molecule is COc1ccc([C@H]2Oc3ccc4ccccc4c3[C@@H]2C)cc1OC. The largest absolute Gasteiger partial charge is 0.493 e. The van der Waals surface area contributed by atoms with E-state index in [0.717, 1.165) is 22.8 Å². The summed E-state index contributed by atoms with van der Waals surface area (Å²) >= 11 is 0. The van der Waals surface area contributed by atoms with Gasteiger partial charge in [0.1, 0.15) is 11.9 Å². The van der Waals surface area contributed by atoms with E-state index in [2.05, 4.69) is 49.4 Å². The van der Waals surface area contributed by atoms with Crippen LogP contribution in [0.15, 0.2) is 54.6 Å². The molecule has 0 radical (unpaired) electrons. The van der Waals surface area contributed by atoms with Crippen LogP contribution in [0.3, 0.4) is 0 Å². The van der Waals surface area contributed by atoms with Crippen LogP contribution in [-0.2, 0) is 0 Å². The Labute approximate surface area is 141 Å². The first kappa shape index (κ1) is 14.9. The Kier molecular flexibility index (Phi) is 3.57. The smallest absolute Gasteiger partial charge is 0.161 e. The molecule has 3 nitrogen and oxygen atoms in total. The van der Waals surface area contributed by atoms with Gasteiger partial charge in [0.25, 0.3) is 0 Å². The van der Waals surface area contributed by atoms with Crippen LogP contribution < -0.4 is 14.2 Å². The predicted octanol–water partition coefficient (Wildman–Crippen LogP) is 5.09. The molecule has 0 saturated heterocycles. The van der Waals surface area contributed by atoms with Crippen LogP contribution in [0.1, 0.15) is 30.1 Å². The first-order chi connectivity index (χ1) is 11.7. The van der Waals surface area contributed by atoms with Gasteiger partial charge in [-0.15, -0.1) is 0 Å². The zero-order valence-corrected chi connectivity index (χ0v) is 14.1. The minimum atomic E-state index is -0.0226. The maximum atomic E-state index is 6.29. The third-order valence-electron chi connectivity index (χ3n) is 4.83. The summed E-state index contributed by atoms with van der Waals surface area (Å²) < 4.78 is 17.1.